The predicted octanol–water partition coefficient (Wildman–Crippen LogP) is 2.60. The van der Waals surface area contributed by atoms with E-state index in [0.717, 1.165) is 12.1 Å². The fourth-order valence-electron chi connectivity index (χ4n) is 2.45. The minimum absolute atomic E-state index is 0.526. The summed E-state index contributed by atoms with van der Waals surface area (Å²) in [6, 6.07) is 7.41. The van der Waals surface area contributed by atoms with Crippen LogP contribution in [0.4, 0.5) is 5.69 Å². The van der Waals surface area contributed by atoms with E-state index in [1.54, 1.807) is 0 Å². The molecule has 0 radical (unpaired) electrons. The summed E-state index contributed by atoms with van der Waals surface area (Å²) in [5.41, 5.74) is 9.56. The van der Waals surface area contributed by atoms with Gasteiger partial charge in [-0.05, 0) is 49.3 Å². The topological polar surface area (TPSA) is 38.0 Å². The van der Waals surface area contributed by atoms with Crippen molar-refractivity contribution in [2.75, 3.05) is 17.7 Å². The van der Waals surface area contributed by atoms with Crippen molar-refractivity contribution < 1.29 is 0 Å². The Balaban J connectivity index is 2.06. The lowest BCUT2D eigenvalue weighted by Crippen LogP contribution is -2.31. The van der Waals surface area contributed by atoms with Gasteiger partial charge in [0, 0.05) is 23.5 Å². The van der Waals surface area contributed by atoms with Crippen molar-refractivity contribution >= 4 is 17.4 Å². The van der Waals surface area contributed by atoms with Crippen LogP contribution < -0.4 is 11.1 Å². The molecular formula is C13H20N2S. The van der Waals surface area contributed by atoms with Crippen LogP contribution in [0.25, 0.3) is 0 Å². The van der Waals surface area contributed by atoms with Crippen LogP contribution in [0.2, 0.25) is 0 Å². The molecule has 0 heterocycles. The standard InChI is InChI=1S/C13H20N2S/c1-9(8-16-2)15-13-6-3-10-7-11(14)4-5-12(10)13/h4-5,7,9,13,15H,3,6,8,14H2,1-2H3. The number of aryl methyl sites for hydroxylation is 1. The van der Waals surface area contributed by atoms with Crippen LogP contribution in [0.1, 0.15) is 30.5 Å². The number of anilines is 1. The summed E-state index contributed by atoms with van der Waals surface area (Å²) < 4.78 is 0. The second kappa shape index (κ2) is 5.11. The molecular weight excluding hydrogens is 216 g/mol. The molecule has 88 valence electrons. The molecule has 1 aliphatic rings. The average molecular weight is 236 g/mol. The zero-order valence-corrected chi connectivity index (χ0v) is 10.8. The summed E-state index contributed by atoms with van der Waals surface area (Å²) in [5.74, 6) is 1.17. The summed E-state index contributed by atoms with van der Waals surface area (Å²) in [7, 11) is 0. The zero-order valence-electron chi connectivity index (χ0n) is 9.99. The normalized spacial score (nSPS) is 20.8. The van der Waals surface area contributed by atoms with Crippen LogP contribution in [0.3, 0.4) is 0 Å². The molecule has 2 rings (SSSR count). The minimum atomic E-state index is 0.526. The third kappa shape index (κ3) is 2.53. The molecule has 1 aromatic rings. The number of fused-ring (bicyclic) bond motifs is 1. The van der Waals surface area contributed by atoms with Gasteiger partial charge in [0.05, 0.1) is 0 Å². The predicted molar refractivity (Wildman–Crippen MR) is 72.9 cm³/mol. The molecule has 3 heteroatoms. The molecule has 0 spiro atoms. The first kappa shape index (κ1) is 11.8. The lowest BCUT2D eigenvalue weighted by atomic mass is 10.1. The Kier molecular flexibility index (Phi) is 3.77. The summed E-state index contributed by atoms with van der Waals surface area (Å²) in [4.78, 5) is 0. The van der Waals surface area contributed by atoms with E-state index in [9.17, 15) is 0 Å². The Hall–Kier alpha value is -0.670. The smallest absolute Gasteiger partial charge is 0.0328 e. The monoisotopic (exact) mass is 236 g/mol. The number of nitrogen functional groups attached to an aromatic ring is 1. The maximum Gasteiger partial charge on any atom is 0.0328 e. The first-order valence-electron chi connectivity index (χ1n) is 5.84. The average Bonchev–Trinajstić information content (AvgIpc) is 2.61. The van der Waals surface area contributed by atoms with Gasteiger partial charge < -0.3 is 11.1 Å². The SMILES string of the molecule is CSCC(C)NC1CCc2cc(N)ccc21. The van der Waals surface area contributed by atoms with Crippen molar-refractivity contribution in [2.24, 2.45) is 0 Å². The quantitative estimate of drug-likeness (QED) is 0.789. The number of hydrogen-bond acceptors (Lipinski definition) is 3. The first-order valence-corrected chi connectivity index (χ1v) is 7.23. The van der Waals surface area contributed by atoms with Crippen molar-refractivity contribution in [1.82, 2.24) is 5.32 Å². The van der Waals surface area contributed by atoms with Crippen LogP contribution in [0.5, 0.6) is 0 Å². The van der Waals surface area contributed by atoms with Crippen molar-refractivity contribution in [2.45, 2.75) is 31.8 Å². The van der Waals surface area contributed by atoms with Gasteiger partial charge in [0.1, 0.15) is 0 Å². The summed E-state index contributed by atoms with van der Waals surface area (Å²) in [6.45, 7) is 2.26. The summed E-state index contributed by atoms with van der Waals surface area (Å²) in [6.07, 6.45) is 4.52. The second-order valence-corrected chi connectivity index (χ2v) is 5.48. The lowest BCUT2D eigenvalue weighted by molar-refractivity contribution is 0.479. The molecule has 0 aromatic heterocycles. The van der Waals surface area contributed by atoms with E-state index in [-0.39, 0.29) is 0 Å². The highest BCUT2D eigenvalue weighted by Gasteiger charge is 2.23. The van der Waals surface area contributed by atoms with E-state index in [2.05, 4.69) is 30.6 Å². The Morgan fingerprint density at radius 3 is 3.12 bits per heavy atom. The van der Waals surface area contributed by atoms with Gasteiger partial charge in [-0.1, -0.05) is 6.07 Å². The maximum atomic E-state index is 5.80. The van der Waals surface area contributed by atoms with Gasteiger partial charge in [-0.25, -0.2) is 0 Å². The molecule has 0 bridgehead atoms. The molecule has 0 fully saturated rings. The van der Waals surface area contributed by atoms with Gasteiger partial charge >= 0.3 is 0 Å². The van der Waals surface area contributed by atoms with Crippen LogP contribution >= 0.6 is 11.8 Å². The third-order valence-corrected chi connectivity index (χ3v) is 3.98. The Morgan fingerprint density at radius 1 is 1.56 bits per heavy atom. The molecule has 3 N–H and O–H groups in total. The molecule has 16 heavy (non-hydrogen) atoms. The van der Waals surface area contributed by atoms with Gasteiger partial charge in [-0.15, -0.1) is 0 Å². The molecule has 2 atom stereocenters. The molecule has 0 saturated carbocycles. The number of benzene rings is 1. The van der Waals surface area contributed by atoms with E-state index in [1.165, 1.54) is 23.3 Å². The van der Waals surface area contributed by atoms with Gasteiger partial charge in [0.25, 0.3) is 0 Å². The second-order valence-electron chi connectivity index (χ2n) is 4.57. The third-order valence-electron chi connectivity index (χ3n) is 3.15. The van der Waals surface area contributed by atoms with E-state index in [4.69, 9.17) is 5.73 Å². The molecule has 0 amide bonds. The summed E-state index contributed by atoms with van der Waals surface area (Å²) in [5, 5.41) is 3.69. The Morgan fingerprint density at radius 2 is 2.38 bits per heavy atom. The molecule has 2 nitrogen and oxygen atoms in total. The van der Waals surface area contributed by atoms with E-state index in [0.29, 0.717) is 12.1 Å². The zero-order chi connectivity index (χ0) is 11.5. The van der Waals surface area contributed by atoms with Crippen molar-refractivity contribution in [3.05, 3.63) is 29.3 Å². The number of thioether (sulfide) groups is 1. The molecule has 2 unspecified atom stereocenters. The minimum Gasteiger partial charge on any atom is -0.399 e. The largest absolute Gasteiger partial charge is 0.399 e. The molecule has 0 aliphatic heterocycles. The highest BCUT2D eigenvalue weighted by molar-refractivity contribution is 7.98. The van der Waals surface area contributed by atoms with Crippen molar-refractivity contribution in [1.29, 1.82) is 0 Å². The Labute approximate surface area is 102 Å². The number of nitrogens with one attached hydrogen (secondary N) is 1. The van der Waals surface area contributed by atoms with Crippen LogP contribution in [0.15, 0.2) is 18.2 Å². The van der Waals surface area contributed by atoms with Crippen molar-refractivity contribution in [3.8, 4) is 0 Å². The van der Waals surface area contributed by atoms with E-state index >= 15 is 0 Å². The molecule has 0 saturated heterocycles. The van der Waals surface area contributed by atoms with Crippen LogP contribution in [-0.4, -0.2) is 18.1 Å². The van der Waals surface area contributed by atoms with E-state index in [1.807, 2.05) is 17.8 Å². The van der Waals surface area contributed by atoms with Gasteiger partial charge in [0.15, 0.2) is 0 Å². The van der Waals surface area contributed by atoms with E-state index < -0.39 is 0 Å². The summed E-state index contributed by atoms with van der Waals surface area (Å²) >= 11 is 1.89. The molecule has 1 aliphatic carbocycles. The lowest BCUT2D eigenvalue weighted by Gasteiger charge is -2.19. The van der Waals surface area contributed by atoms with Gasteiger partial charge in [-0.3, -0.25) is 0 Å². The maximum absolute atomic E-state index is 5.80. The highest BCUT2D eigenvalue weighted by atomic mass is 32.2. The van der Waals surface area contributed by atoms with Crippen LogP contribution in [-0.2, 0) is 6.42 Å². The fourth-order valence-corrected chi connectivity index (χ4v) is 3.05. The number of hydrogen-bond donors (Lipinski definition) is 2. The Bertz CT molecular complexity index is 365. The van der Waals surface area contributed by atoms with Crippen molar-refractivity contribution in [3.63, 3.8) is 0 Å². The first-order chi connectivity index (χ1) is 7.70. The number of rotatable bonds is 4. The van der Waals surface area contributed by atoms with Crippen LogP contribution in [0, 0.1) is 0 Å². The number of nitrogens with two attached hydrogens (primary N) is 1. The fraction of sp³-hybridized carbons (Fsp3) is 0.538. The highest BCUT2D eigenvalue weighted by Crippen LogP contribution is 2.32. The van der Waals surface area contributed by atoms with Gasteiger partial charge in [0.2, 0.25) is 0 Å². The van der Waals surface area contributed by atoms with Gasteiger partial charge in [-0.2, -0.15) is 11.8 Å². The molecule has 1 aromatic carbocycles.